The zero-order chi connectivity index (χ0) is 24.7. The molecule has 5 aliphatic carbocycles. The van der Waals surface area contributed by atoms with Gasteiger partial charge in [-0.3, -0.25) is 4.79 Å². The van der Waals surface area contributed by atoms with Crippen molar-refractivity contribution in [2.24, 2.45) is 50.7 Å². The minimum Gasteiger partial charge on any atom is -0.462 e. The van der Waals surface area contributed by atoms with E-state index in [1.807, 2.05) is 0 Å². The van der Waals surface area contributed by atoms with Crippen molar-refractivity contribution in [3.63, 3.8) is 0 Å². The molecule has 0 aromatic carbocycles. The minimum atomic E-state index is -0.0937. The molecule has 2 nitrogen and oxygen atoms in total. The fraction of sp³-hybridized carbons (Fsp3) is 0.906. The molecule has 5 rings (SSSR count). The number of carbonyl (C=O) groups excluding carboxylic acids is 1. The van der Waals surface area contributed by atoms with E-state index in [1.54, 1.807) is 6.92 Å². The van der Waals surface area contributed by atoms with Crippen LogP contribution in [0.15, 0.2) is 12.2 Å². The maximum absolute atomic E-state index is 11.8. The smallest absolute Gasteiger partial charge is 0.302 e. The first-order valence-corrected chi connectivity index (χ1v) is 14.7. The quantitative estimate of drug-likeness (QED) is 0.288. The van der Waals surface area contributed by atoms with Gasteiger partial charge in [-0.15, -0.1) is 0 Å². The fourth-order valence-corrected chi connectivity index (χ4v) is 11.2. The van der Waals surface area contributed by atoms with Gasteiger partial charge in [0.2, 0.25) is 0 Å². The van der Waals surface area contributed by atoms with Gasteiger partial charge in [0.25, 0.3) is 0 Å². The van der Waals surface area contributed by atoms with Crippen LogP contribution < -0.4 is 0 Å². The summed E-state index contributed by atoms with van der Waals surface area (Å²) in [6.45, 7) is 20.6. The Morgan fingerprint density at radius 2 is 1.59 bits per heavy atom. The largest absolute Gasteiger partial charge is 0.462 e. The number of hydrogen-bond donors (Lipinski definition) is 0. The lowest BCUT2D eigenvalue weighted by Gasteiger charge is -2.63. The van der Waals surface area contributed by atoms with E-state index in [4.69, 9.17) is 4.74 Å². The van der Waals surface area contributed by atoms with Crippen LogP contribution in [0, 0.1) is 50.7 Å². The van der Waals surface area contributed by atoms with E-state index < -0.39 is 0 Å². The molecule has 0 aliphatic heterocycles. The summed E-state index contributed by atoms with van der Waals surface area (Å²) in [6.07, 6.45) is 16.7. The molecule has 0 aromatic rings. The standard InChI is InChI=1S/C32H52O2/c1-21(2)22(3)10-9-11-24-14-16-30(8)26-13-12-25-28(5,6)27(34-23(4)33)15-17-31(25)20-32(26,31)19-18-29(24,30)7/h22,24-27H,1,9-20H2,2-8H3. The zero-order valence-corrected chi connectivity index (χ0v) is 23.4. The molecule has 34 heavy (non-hydrogen) atoms. The summed E-state index contributed by atoms with van der Waals surface area (Å²) < 4.78 is 5.90. The summed E-state index contributed by atoms with van der Waals surface area (Å²) in [7, 11) is 0. The van der Waals surface area contributed by atoms with Crippen molar-refractivity contribution in [3.05, 3.63) is 12.2 Å². The van der Waals surface area contributed by atoms with Crippen molar-refractivity contribution in [1.29, 1.82) is 0 Å². The highest BCUT2D eigenvalue weighted by atomic mass is 16.5. The number of allylic oxidation sites excluding steroid dienone is 1. The average molecular weight is 469 g/mol. The fourth-order valence-electron chi connectivity index (χ4n) is 11.2. The maximum Gasteiger partial charge on any atom is 0.302 e. The number of hydrogen-bond acceptors (Lipinski definition) is 2. The normalized spacial score (nSPS) is 49.1. The third-order valence-corrected chi connectivity index (χ3v) is 13.6. The highest BCUT2D eigenvalue weighted by Crippen LogP contribution is 2.89. The molecule has 2 spiro atoms. The minimum absolute atomic E-state index is 0.0937. The predicted octanol–water partition coefficient (Wildman–Crippen LogP) is 8.74. The van der Waals surface area contributed by atoms with Gasteiger partial charge in [0.05, 0.1) is 0 Å². The molecule has 0 aromatic heterocycles. The van der Waals surface area contributed by atoms with E-state index in [0.29, 0.717) is 27.6 Å². The predicted molar refractivity (Wildman–Crippen MR) is 140 cm³/mol. The molecular weight excluding hydrogens is 416 g/mol. The average Bonchev–Trinajstić information content (AvgIpc) is 3.35. The lowest BCUT2D eigenvalue weighted by molar-refractivity contribution is -0.180. The molecule has 0 radical (unpaired) electrons. The molecule has 9 unspecified atom stereocenters. The number of rotatable bonds is 6. The molecule has 0 bridgehead atoms. The van der Waals surface area contributed by atoms with Gasteiger partial charge < -0.3 is 4.74 Å². The van der Waals surface area contributed by atoms with Gasteiger partial charge in [0.1, 0.15) is 6.10 Å². The maximum atomic E-state index is 11.8. The molecule has 5 saturated carbocycles. The lowest BCUT2D eigenvalue weighted by Crippen LogP contribution is -2.57. The van der Waals surface area contributed by atoms with E-state index in [-0.39, 0.29) is 17.5 Å². The molecule has 0 heterocycles. The highest BCUT2D eigenvalue weighted by Gasteiger charge is 2.82. The van der Waals surface area contributed by atoms with Crippen molar-refractivity contribution in [2.75, 3.05) is 0 Å². The molecule has 0 saturated heterocycles. The lowest BCUT2D eigenvalue weighted by atomic mass is 9.42. The monoisotopic (exact) mass is 468 g/mol. The Morgan fingerprint density at radius 3 is 2.26 bits per heavy atom. The first kappa shape index (κ1) is 24.9. The second-order valence-corrected chi connectivity index (χ2v) is 14.9. The summed E-state index contributed by atoms with van der Waals surface area (Å²) in [6, 6.07) is 0. The number of esters is 1. The Balaban J connectivity index is 1.35. The van der Waals surface area contributed by atoms with Crippen LogP contribution in [0.25, 0.3) is 0 Å². The molecule has 5 fully saturated rings. The van der Waals surface area contributed by atoms with Gasteiger partial charge in [-0.25, -0.2) is 0 Å². The molecular formula is C32H52O2. The van der Waals surface area contributed by atoms with Crippen LogP contribution in [0.3, 0.4) is 0 Å². The van der Waals surface area contributed by atoms with Gasteiger partial charge in [0.15, 0.2) is 0 Å². The Kier molecular flexibility index (Phi) is 5.75. The Labute approximate surface area is 210 Å². The van der Waals surface area contributed by atoms with E-state index >= 15 is 0 Å². The molecule has 192 valence electrons. The molecule has 0 N–H and O–H groups in total. The van der Waals surface area contributed by atoms with E-state index in [1.165, 1.54) is 76.2 Å². The third kappa shape index (κ3) is 3.14. The van der Waals surface area contributed by atoms with Gasteiger partial charge in [-0.2, -0.15) is 0 Å². The summed E-state index contributed by atoms with van der Waals surface area (Å²) in [5.41, 5.74) is 3.63. The van der Waals surface area contributed by atoms with Crippen LogP contribution in [0.1, 0.15) is 126 Å². The molecule has 9 atom stereocenters. The number of ether oxygens (including phenoxy) is 1. The first-order valence-electron chi connectivity index (χ1n) is 14.7. The van der Waals surface area contributed by atoms with Crippen LogP contribution >= 0.6 is 0 Å². The Bertz CT molecular complexity index is 857. The second-order valence-electron chi connectivity index (χ2n) is 14.9. The summed E-state index contributed by atoms with van der Waals surface area (Å²) >= 11 is 0. The van der Waals surface area contributed by atoms with Gasteiger partial charge in [0, 0.05) is 12.3 Å². The van der Waals surface area contributed by atoms with Crippen LogP contribution in [0.2, 0.25) is 0 Å². The van der Waals surface area contributed by atoms with Crippen molar-refractivity contribution in [1.82, 2.24) is 0 Å². The Hall–Kier alpha value is -0.790. The van der Waals surface area contributed by atoms with Crippen LogP contribution in [-0.4, -0.2) is 12.1 Å². The van der Waals surface area contributed by atoms with E-state index in [9.17, 15) is 4.79 Å². The third-order valence-electron chi connectivity index (χ3n) is 13.6. The number of fused-ring (bicyclic) bond motifs is 2. The Morgan fingerprint density at radius 1 is 0.912 bits per heavy atom. The van der Waals surface area contributed by atoms with Gasteiger partial charge >= 0.3 is 5.97 Å². The van der Waals surface area contributed by atoms with Gasteiger partial charge in [-0.05, 0) is 123 Å². The SMILES string of the molecule is C=C(C)C(C)CCCC1CCC2(C)C3CCC4C(C)(C)C(OC(C)=O)CCC45CC35CCC12C. The van der Waals surface area contributed by atoms with Crippen molar-refractivity contribution < 1.29 is 9.53 Å². The van der Waals surface area contributed by atoms with Crippen molar-refractivity contribution in [2.45, 2.75) is 132 Å². The molecule has 0 amide bonds. The first-order chi connectivity index (χ1) is 15.8. The zero-order valence-electron chi connectivity index (χ0n) is 23.4. The highest BCUT2D eigenvalue weighted by molar-refractivity contribution is 5.66. The van der Waals surface area contributed by atoms with Crippen LogP contribution in [0.4, 0.5) is 0 Å². The van der Waals surface area contributed by atoms with E-state index in [2.05, 4.69) is 48.1 Å². The van der Waals surface area contributed by atoms with Crippen molar-refractivity contribution >= 4 is 5.97 Å². The molecule has 2 heteroatoms. The topological polar surface area (TPSA) is 26.3 Å². The summed E-state index contributed by atoms with van der Waals surface area (Å²) in [5.74, 6) is 3.13. The van der Waals surface area contributed by atoms with Crippen LogP contribution in [-0.2, 0) is 9.53 Å². The molecule has 5 aliphatic rings. The summed E-state index contributed by atoms with van der Waals surface area (Å²) in [5, 5.41) is 0. The van der Waals surface area contributed by atoms with Crippen molar-refractivity contribution in [3.8, 4) is 0 Å². The van der Waals surface area contributed by atoms with Gasteiger partial charge in [-0.1, -0.05) is 53.2 Å². The number of carbonyl (C=O) groups is 1. The second kappa shape index (κ2) is 7.85. The van der Waals surface area contributed by atoms with Crippen LogP contribution in [0.5, 0.6) is 0 Å². The van der Waals surface area contributed by atoms with E-state index in [0.717, 1.165) is 24.2 Å². The summed E-state index contributed by atoms with van der Waals surface area (Å²) in [4.78, 5) is 11.8.